The summed E-state index contributed by atoms with van der Waals surface area (Å²) >= 11 is 15.3. The fourth-order valence-corrected chi connectivity index (χ4v) is 8.13. The molecule has 3 aromatic carbocycles. The lowest BCUT2D eigenvalue weighted by molar-refractivity contribution is -0.115. The number of carbonyl (C=O) groups is 5. The zero-order valence-electron chi connectivity index (χ0n) is 30.8. The molecule has 2 heterocycles. The second-order valence-electron chi connectivity index (χ2n) is 13.3. The quantitative estimate of drug-likeness (QED) is 0.0773. The average Bonchev–Trinajstić information content (AvgIpc) is 3.49. The standard InChI is InChI=1S/C40H40Cl2N4O7S2/c1-6-52-38(50)33-27-18-19-46(39(51)53-40(3,4)5)22-32(27)55-37(33)45-34(47)23(2)54-26-15-10-14-25(20-26)43-36(49)31(21-28-29(41)16-11-17-30(28)42)44-35(48)24-12-8-7-9-13-24/h7-17,20-21,23H,6,18-19,22H2,1-5H3,(H,43,49)(H,44,48)(H,45,47)/b31-21+. The third-order valence-corrected chi connectivity index (χ3v) is 10.9. The summed E-state index contributed by atoms with van der Waals surface area (Å²) in [6.07, 6.45) is 1.36. The lowest BCUT2D eigenvalue weighted by Crippen LogP contribution is -2.39. The second kappa shape index (κ2) is 18.2. The molecule has 0 aliphatic carbocycles. The van der Waals surface area contributed by atoms with Gasteiger partial charge in [0.25, 0.3) is 11.8 Å². The van der Waals surface area contributed by atoms with Crippen LogP contribution in [0.25, 0.3) is 6.08 Å². The van der Waals surface area contributed by atoms with Gasteiger partial charge < -0.3 is 30.3 Å². The van der Waals surface area contributed by atoms with E-state index in [2.05, 4.69) is 16.0 Å². The Morgan fingerprint density at radius 3 is 2.33 bits per heavy atom. The lowest BCUT2D eigenvalue weighted by atomic mass is 10.0. The molecule has 1 unspecified atom stereocenters. The Bertz CT molecular complexity index is 2110. The van der Waals surface area contributed by atoms with Crippen molar-refractivity contribution in [1.29, 1.82) is 0 Å². The Labute approximate surface area is 337 Å². The van der Waals surface area contributed by atoms with Gasteiger partial charge in [-0.15, -0.1) is 23.1 Å². The molecule has 3 N–H and O–H groups in total. The molecule has 4 aromatic rings. The van der Waals surface area contributed by atoms with Crippen LogP contribution in [-0.2, 0) is 32.0 Å². The van der Waals surface area contributed by atoms with Gasteiger partial charge >= 0.3 is 12.1 Å². The number of amides is 4. The van der Waals surface area contributed by atoms with Gasteiger partial charge in [-0.2, -0.15) is 0 Å². The Morgan fingerprint density at radius 2 is 1.65 bits per heavy atom. The molecule has 1 aliphatic rings. The van der Waals surface area contributed by atoms with E-state index in [0.717, 1.165) is 10.4 Å². The summed E-state index contributed by atoms with van der Waals surface area (Å²) in [4.78, 5) is 69.3. The Balaban J connectivity index is 1.31. The first-order chi connectivity index (χ1) is 26.1. The van der Waals surface area contributed by atoms with Gasteiger partial charge in [-0.1, -0.05) is 53.5 Å². The lowest BCUT2D eigenvalue weighted by Gasteiger charge is -2.30. The van der Waals surface area contributed by atoms with Gasteiger partial charge in [-0.3, -0.25) is 14.4 Å². The SMILES string of the molecule is CCOC(=O)c1c(NC(=O)C(C)Sc2cccc(NC(=O)/C(=C\c3c(Cl)cccc3Cl)NC(=O)c3ccccc3)c2)sc2c1CCN(C(=O)OC(C)(C)C)C2. The minimum Gasteiger partial charge on any atom is -0.462 e. The van der Waals surface area contributed by atoms with Gasteiger partial charge in [0.1, 0.15) is 16.3 Å². The fourth-order valence-electron chi connectivity index (χ4n) is 5.45. The van der Waals surface area contributed by atoms with Gasteiger partial charge in [0.2, 0.25) is 5.91 Å². The molecule has 1 atom stereocenters. The molecule has 0 spiro atoms. The number of nitrogens with one attached hydrogen (secondary N) is 3. The van der Waals surface area contributed by atoms with E-state index in [-0.39, 0.29) is 34.8 Å². The summed E-state index contributed by atoms with van der Waals surface area (Å²) < 4.78 is 10.9. The van der Waals surface area contributed by atoms with Crippen LogP contribution in [0.1, 0.15) is 71.3 Å². The Hall–Kier alpha value is -4.82. The van der Waals surface area contributed by atoms with Crippen LogP contribution in [-0.4, -0.2) is 58.7 Å². The highest BCUT2D eigenvalue weighted by atomic mass is 35.5. The van der Waals surface area contributed by atoms with Crippen LogP contribution in [0.3, 0.4) is 0 Å². The average molecular weight is 824 g/mol. The second-order valence-corrected chi connectivity index (χ2v) is 16.7. The molecule has 11 nitrogen and oxygen atoms in total. The predicted molar refractivity (Wildman–Crippen MR) is 218 cm³/mol. The van der Waals surface area contributed by atoms with Crippen molar-refractivity contribution in [3.8, 4) is 0 Å². The molecular weight excluding hydrogens is 784 g/mol. The zero-order chi connectivity index (χ0) is 39.9. The van der Waals surface area contributed by atoms with E-state index in [1.165, 1.54) is 29.2 Å². The summed E-state index contributed by atoms with van der Waals surface area (Å²) in [5, 5.41) is 8.70. The van der Waals surface area contributed by atoms with Crippen LogP contribution in [0, 0.1) is 0 Å². The van der Waals surface area contributed by atoms with Gasteiger partial charge in [0.05, 0.1) is 24.0 Å². The molecule has 1 aromatic heterocycles. The zero-order valence-corrected chi connectivity index (χ0v) is 33.9. The molecule has 4 amide bonds. The molecular formula is C40H40Cl2N4O7S2. The minimum absolute atomic E-state index is 0.0973. The number of hydrogen-bond acceptors (Lipinski definition) is 9. The third kappa shape index (κ3) is 10.9. The number of nitrogens with zero attached hydrogens (tertiary/aromatic N) is 1. The molecule has 0 saturated heterocycles. The van der Waals surface area contributed by atoms with E-state index in [0.29, 0.717) is 45.2 Å². The number of esters is 1. The maximum absolute atomic E-state index is 13.7. The maximum atomic E-state index is 13.7. The van der Waals surface area contributed by atoms with Crippen LogP contribution in [0.15, 0.2) is 83.4 Å². The number of thioether (sulfide) groups is 1. The predicted octanol–water partition coefficient (Wildman–Crippen LogP) is 9.05. The van der Waals surface area contributed by atoms with E-state index in [9.17, 15) is 24.0 Å². The molecule has 0 saturated carbocycles. The highest BCUT2D eigenvalue weighted by molar-refractivity contribution is 8.00. The van der Waals surface area contributed by atoms with E-state index >= 15 is 0 Å². The molecule has 0 radical (unpaired) electrons. The van der Waals surface area contributed by atoms with Crippen molar-refractivity contribution < 1.29 is 33.4 Å². The highest BCUT2D eigenvalue weighted by Gasteiger charge is 2.33. The molecule has 1 aliphatic heterocycles. The van der Waals surface area contributed by atoms with Gasteiger partial charge in [-0.05, 0) is 95.1 Å². The van der Waals surface area contributed by atoms with Crippen LogP contribution >= 0.6 is 46.3 Å². The normalized spacial score (nSPS) is 13.3. The van der Waals surface area contributed by atoms with Crippen LogP contribution < -0.4 is 16.0 Å². The van der Waals surface area contributed by atoms with Crippen molar-refractivity contribution in [2.45, 2.75) is 63.3 Å². The number of fused-ring (bicyclic) bond motifs is 1. The van der Waals surface area contributed by atoms with Gasteiger partial charge in [0.15, 0.2) is 0 Å². The van der Waals surface area contributed by atoms with Crippen molar-refractivity contribution >= 4 is 92.8 Å². The van der Waals surface area contributed by atoms with Crippen LogP contribution in [0.2, 0.25) is 10.0 Å². The number of anilines is 2. The summed E-state index contributed by atoms with van der Waals surface area (Å²) in [6, 6.07) is 20.2. The minimum atomic E-state index is -0.660. The highest BCUT2D eigenvalue weighted by Crippen LogP contribution is 2.39. The van der Waals surface area contributed by atoms with Crippen LogP contribution in [0.4, 0.5) is 15.5 Å². The summed E-state index contributed by atoms with van der Waals surface area (Å²) in [6.45, 7) is 9.57. The molecule has 5 rings (SSSR count). The third-order valence-electron chi connectivity index (χ3n) is 8.02. The first kappa shape index (κ1) is 41.3. The van der Waals surface area contributed by atoms with E-state index < -0.39 is 34.7 Å². The number of benzene rings is 3. The topological polar surface area (TPSA) is 143 Å². The van der Waals surface area contributed by atoms with Crippen molar-refractivity contribution in [3.63, 3.8) is 0 Å². The summed E-state index contributed by atoms with van der Waals surface area (Å²) in [5.74, 6) is -2.05. The van der Waals surface area contributed by atoms with Crippen molar-refractivity contribution in [1.82, 2.24) is 10.2 Å². The molecule has 288 valence electrons. The van der Waals surface area contributed by atoms with Crippen LogP contribution in [0.5, 0.6) is 0 Å². The molecule has 0 fully saturated rings. The number of rotatable bonds is 11. The van der Waals surface area contributed by atoms with Crippen molar-refractivity contribution in [2.75, 3.05) is 23.8 Å². The number of ether oxygens (including phenoxy) is 2. The summed E-state index contributed by atoms with van der Waals surface area (Å²) in [7, 11) is 0. The molecule has 55 heavy (non-hydrogen) atoms. The summed E-state index contributed by atoms with van der Waals surface area (Å²) in [5.41, 5.74) is 1.38. The van der Waals surface area contributed by atoms with Crippen molar-refractivity contribution in [2.24, 2.45) is 0 Å². The number of carbonyl (C=O) groups excluding carboxylic acids is 5. The smallest absolute Gasteiger partial charge is 0.410 e. The maximum Gasteiger partial charge on any atom is 0.410 e. The van der Waals surface area contributed by atoms with E-state index in [4.69, 9.17) is 32.7 Å². The Kier molecular flexibility index (Phi) is 13.7. The van der Waals surface area contributed by atoms with Gasteiger partial charge in [0, 0.05) is 43.2 Å². The molecule has 15 heteroatoms. The van der Waals surface area contributed by atoms with Crippen molar-refractivity contribution in [3.05, 3.63) is 116 Å². The monoisotopic (exact) mass is 822 g/mol. The Morgan fingerprint density at radius 1 is 0.964 bits per heavy atom. The first-order valence-electron chi connectivity index (χ1n) is 17.3. The van der Waals surface area contributed by atoms with E-state index in [1.807, 2.05) is 0 Å². The number of halogens is 2. The first-order valence-corrected chi connectivity index (χ1v) is 19.8. The number of hydrogen-bond donors (Lipinski definition) is 3. The number of thiophene rings is 1. The van der Waals surface area contributed by atoms with E-state index in [1.54, 1.807) is 112 Å². The fraction of sp³-hybridized carbons (Fsp3) is 0.275. The molecule has 0 bridgehead atoms. The largest absolute Gasteiger partial charge is 0.462 e. The van der Waals surface area contributed by atoms with Gasteiger partial charge in [-0.25, -0.2) is 9.59 Å².